The van der Waals surface area contributed by atoms with Crippen molar-refractivity contribution in [3.8, 4) is 0 Å². The smallest absolute Gasteiger partial charge is 0.261 e. The number of carbonyl (C=O) groups excluding carboxylic acids is 2. The lowest BCUT2D eigenvalue weighted by Gasteiger charge is -2.12. The van der Waals surface area contributed by atoms with Gasteiger partial charge in [0.15, 0.2) is 0 Å². The Hall–Kier alpha value is -3.43. The second-order valence-electron chi connectivity index (χ2n) is 6.15. The maximum atomic E-state index is 13.0. The average Bonchev–Trinajstić information content (AvgIpc) is 2.70. The van der Waals surface area contributed by atoms with Crippen molar-refractivity contribution in [2.75, 3.05) is 10.0 Å². The molecule has 3 aromatic carbocycles. The van der Waals surface area contributed by atoms with E-state index in [-0.39, 0.29) is 26.7 Å². The number of sulfonamides is 1. The van der Waals surface area contributed by atoms with Gasteiger partial charge in [-0.25, -0.2) is 12.8 Å². The molecule has 0 spiro atoms. The molecule has 30 heavy (non-hydrogen) atoms. The number of nitrogens with two attached hydrogens (primary N) is 1. The molecule has 7 nitrogen and oxygen atoms in total. The zero-order chi connectivity index (χ0) is 21.9. The fraction of sp³-hybridized carbons (Fsp3) is 0. The number of halogens is 2. The number of nitrogens with one attached hydrogen (secondary N) is 2. The van der Waals surface area contributed by atoms with E-state index in [4.69, 9.17) is 17.3 Å². The van der Waals surface area contributed by atoms with Crippen LogP contribution in [0.25, 0.3) is 0 Å². The lowest BCUT2D eigenvalue weighted by atomic mass is 10.1. The molecule has 10 heteroatoms. The molecule has 0 aliphatic carbocycles. The van der Waals surface area contributed by atoms with E-state index in [1.54, 1.807) is 0 Å². The highest BCUT2D eigenvalue weighted by molar-refractivity contribution is 7.92. The molecule has 0 saturated carbocycles. The number of benzene rings is 3. The fourth-order valence-corrected chi connectivity index (χ4v) is 3.77. The number of primary amides is 1. The first-order valence-electron chi connectivity index (χ1n) is 8.45. The van der Waals surface area contributed by atoms with E-state index in [1.165, 1.54) is 42.5 Å². The Balaban J connectivity index is 1.81. The van der Waals surface area contributed by atoms with E-state index in [1.807, 2.05) is 0 Å². The van der Waals surface area contributed by atoms with Crippen LogP contribution in [0.4, 0.5) is 15.8 Å². The molecule has 0 saturated heterocycles. The molecule has 0 aliphatic heterocycles. The highest BCUT2D eigenvalue weighted by atomic mass is 35.5. The largest absolute Gasteiger partial charge is 0.366 e. The number of rotatable bonds is 6. The van der Waals surface area contributed by atoms with Crippen molar-refractivity contribution in [3.05, 3.63) is 88.7 Å². The van der Waals surface area contributed by atoms with Crippen LogP contribution in [0.2, 0.25) is 5.02 Å². The maximum absolute atomic E-state index is 13.0. The molecule has 2 amide bonds. The van der Waals surface area contributed by atoms with E-state index in [0.717, 1.165) is 24.3 Å². The highest BCUT2D eigenvalue weighted by Gasteiger charge is 2.17. The van der Waals surface area contributed by atoms with E-state index < -0.39 is 27.7 Å². The highest BCUT2D eigenvalue weighted by Crippen LogP contribution is 2.26. The standard InChI is InChI=1S/C20H15ClFN3O4S/c21-17-10-3-13(20(27)24-15-6-1-12(2-7-15)19(23)26)11-18(17)25-30(28,29)16-8-4-14(22)5-9-16/h1-11,25H,(H2,23,26)(H,24,27). The van der Waals surface area contributed by atoms with Crippen LogP contribution < -0.4 is 15.8 Å². The summed E-state index contributed by atoms with van der Waals surface area (Å²) in [5.74, 6) is -1.70. The summed E-state index contributed by atoms with van der Waals surface area (Å²) in [4.78, 5) is 23.4. The third-order valence-corrected chi connectivity index (χ3v) is 5.74. The van der Waals surface area contributed by atoms with Crippen molar-refractivity contribution >= 4 is 44.8 Å². The minimum atomic E-state index is -4.04. The van der Waals surface area contributed by atoms with Gasteiger partial charge < -0.3 is 11.1 Å². The summed E-state index contributed by atoms with van der Waals surface area (Å²) in [6.45, 7) is 0. The third kappa shape index (κ3) is 4.94. The molecule has 3 aromatic rings. The lowest BCUT2D eigenvalue weighted by molar-refractivity contribution is 0.0998. The van der Waals surface area contributed by atoms with Crippen LogP contribution in [0.1, 0.15) is 20.7 Å². The van der Waals surface area contributed by atoms with Crippen LogP contribution in [0.3, 0.4) is 0 Å². The third-order valence-electron chi connectivity index (χ3n) is 4.02. The maximum Gasteiger partial charge on any atom is 0.261 e. The topological polar surface area (TPSA) is 118 Å². The molecule has 3 rings (SSSR count). The second kappa shape index (κ2) is 8.52. The first-order chi connectivity index (χ1) is 14.2. The van der Waals surface area contributed by atoms with Crippen LogP contribution >= 0.6 is 11.6 Å². The van der Waals surface area contributed by atoms with Gasteiger partial charge in [-0.1, -0.05) is 11.6 Å². The predicted octanol–water partition coefficient (Wildman–Crippen LogP) is 3.63. The van der Waals surface area contributed by atoms with Gasteiger partial charge in [0.05, 0.1) is 15.6 Å². The monoisotopic (exact) mass is 447 g/mol. The Morgan fingerprint density at radius 2 is 1.50 bits per heavy atom. The Labute approximate surface area is 176 Å². The number of anilines is 2. The first-order valence-corrected chi connectivity index (χ1v) is 10.3. The van der Waals surface area contributed by atoms with Crippen LogP contribution in [0.15, 0.2) is 71.6 Å². The lowest BCUT2D eigenvalue weighted by Crippen LogP contribution is -2.16. The van der Waals surface area contributed by atoms with Crippen LogP contribution in [-0.2, 0) is 10.0 Å². The molecular formula is C20H15ClFN3O4S. The van der Waals surface area contributed by atoms with Crippen molar-refractivity contribution in [1.82, 2.24) is 0 Å². The Morgan fingerprint density at radius 3 is 2.10 bits per heavy atom. The molecule has 0 bridgehead atoms. The van der Waals surface area contributed by atoms with Crippen LogP contribution in [0.5, 0.6) is 0 Å². The predicted molar refractivity (Wildman–Crippen MR) is 112 cm³/mol. The molecular weight excluding hydrogens is 433 g/mol. The minimum absolute atomic E-state index is 0.0160. The molecule has 0 radical (unpaired) electrons. The number of amides is 2. The molecule has 0 heterocycles. The van der Waals surface area contributed by atoms with Crippen molar-refractivity contribution in [2.24, 2.45) is 5.73 Å². The van der Waals surface area contributed by atoms with E-state index in [9.17, 15) is 22.4 Å². The van der Waals surface area contributed by atoms with Crippen molar-refractivity contribution in [2.45, 2.75) is 4.90 Å². The van der Waals surface area contributed by atoms with E-state index >= 15 is 0 Å². The summed E-state index contributed by atoms with van der Waals surface area (Å²) < 4.78 is 40.3. The summed E-state index contributed by atoms with van der Waals surface area (Å²) in [5.41, 5.74) is 5.99. The SMILES string of the molecule is NC(=O)c1ccc(NC(=O)c2ccc(Cl)c(NS(=O)(=O)c3ccc(F)cc3)c2)cc1. The normalized spacial score (nSPS) is 11.0. The zero-order valence-electron chi connectivity index (χ0n) is 15.2. The summed E-state index contributed by atoms with van der Waals surface area (Å²) in [7, 11) is -4.04. The summed E-state index contributed by atoms with van der Waals surface area (Å²) >= 11 is 6.06. The average molecular weight is 448 g/mol. The summed E-state index contributed by atoms with van der Waals surface area (Å²) in [6, 6.07) is 14.3. The van der Waals surface area contributed by atoms with Gasteiger partial charge in [0.2, 0.25) is 5.91 Å². The first kappa shape index (κ1) is 21.3. The molecule has 0 unspecified atom stereocenters. The Kier molecular flexibility index (Phi) is 6.04. The fourth-order valence-electron chi connectivity index (χ4n) is 2.48. The van der Waals surface area contributed by atoms with E-state index in [2.05, 4.69) is 10.0 Å². The molecule has 0 aromatic heterocycles. The van der Waals surface area contributed by atoms with Gasteiger partial charge in [0.25, 0.3) is 15.9 Å². The molecule has 0 aliphatic rings. The zero-order valence-corrected chi connectivity index (χ0v) is 16.8. The quantitative estimate of drug-likeness (QED) is 0.534. The van der Waals surface area contributed by atoms with Gasteiger partial charge in [-0.3, -0.25) is 14.3 Å². The Morgan fingerprint density at radius 1 is 0.900 bits per heavy atom. The number of carbonyl (C=O) groups is 2. The van der Waals surface area contributed by atoms with Gasteiger partial charge in [-0.2, -0.15) is 0 Å². The van der Waals surface area contributed by atoms with Crippen molar-refractivity contribution in [3.63, 3.8) is 0 Å². The van der Waals surface area contributed by atoms with Gasteiger partial charge in [-0.15, -0.1) is 0 Å². The molecule has 0 atom stereocenters. The molecule has 0 fully saturated rings. The van der Waals surface area contributed by atoms with Gasteiger partial charge in [0, 0.05) is 16.8 Å². The van der Waals surface area contributed by atoms with E-state index in [0.29, 0.717) is 5.69 Å². The summed E-state index contributed by atoms with van der Waals surface area (Å²) in [5, 5.41) is 2.69. The van der Waals surface area contributed by atoms with Gasteiger partial charge in [-0.05, 0) is 66.7 Å². The van der Waals surface area contributed by atoms with Crippen molar-refractivity contribution in [1.29, 1.82) is 0 Å². The van der Waals surface area contributed by atoms with Crippen LogP contribution in [-0.4, -0.2) is 20.2 Å². The van der Waals surface area contributed by atoms with Gasteiger partial charge >= 0.3 is 0 Å². The molecule has 154 valence electrons. The van der Waals surface area contributed by atoms with Crippen molar-refractivity contribution < 1.29 is 22.4 Å². The second-order valence-corrected chi connectivity index (χ2v) is 8.24. The Bertz CT molecular complexity index is 1210. The van der Waals surface area contributed by atoms with Crippen LogP contribution in [0, 0.1) is 5.82 Å². The van der Waals surface area contributed by atoms with Gasteiger partial charge in [0.1, 0.15) is 5.82 Å². The minimum Gasteiger partial charge on any atom is -0.366 e. The number of hydrogen-bond acceptors (Lipinski definition) is 4. The molecule has 4 N–H and O–H groups in total. The summed E-state index contributed by atoms with van der Waals surface area (Å²) in [6.07, 6.45) is 0. The number of hydrogen-bond donors (Lipinski definition) is 3.